The summed E-state index contributed by atoms with van der Waals surface area (Å²) in [7, 11) is 0. The van der Waals surface area contributed by atoms with Gasteiger partial charge in [0.15, 0.2) is 5.76 Å². The van der Waals surface area contributed by atoms with Gasteiger partial charge in [-0.15, -0.1) is 0 Å². The fourth-order valence-corrected chi connectivity index (χ4v) is 2.58. The molecule has 1 heterocycles. The maximum Gasteiger partial charge on any atom is 0.283 e. The van der Waals surface area contributed by atoms with Gasteiger partial charge in [0.1, 0.15) is 0 Å². The second kappa shape index (κ2) is 6.91. The Morgan fingerprint density at radius 2 is 2.26 bits per heavy atom. The van der Waals surface area contributed by atoms with E-state index in [1.54, 1.807) is 0 Å². The van der Waals surface area contributed by atoms with Crippen LogP contribution in [0.15, 0.2) is 11.8 Å². The van der Waals surface area contributed by atoms with E-state index in [0.717, 1.165) is 19.3 Å². The lowest BCUT2D eigenvalue weighted by molar-refractivity contribution is -0.151. The summed E-state index contributed by atoms with van der Waals surface area (Å²) in [4.78, 5) is 11.3. The molecule has 0 spiro atoms. The van der Waals surface area contributed by atoms with Crippen LogP contribution in [0.4, 0.5) is 0 Å². The Bertz CT molecular complexity index is 338. The zero-order chi connectivity index (χ0) is 13.7. The minimum absolute atomic E-state index is 0.173. The number of aliphatic hydroxyl groups excluding tert-OH is 1. The summed E-state index contributed by atoms with van der Waals surface area (Å²) in [6.45, 7) is 0.709. The minimum Gasteiger partial charge on any atom is -0.459 e. The van der Waals surface area contributed by atoms with E-state index in [4.69, 9.17) is 20.3 Å². The first-order valence-electron chi connectivity index (χ1n) is 7.11. The minimum atomic E-state index is -0.520. The monoisotopic (exact) mass is 269 g/mol. The van der Waals surface area contributed by atoms with Crippen molar-refractivity contribution in [1.82, 2.24) is 0 Å². The number of allylic oxidation sites excluding steroid dienone is 1. The summed E-state index contributed by atoms with van der Waals surface area (Å²) in [5.74, 6) is 0.706. The van der Waals surface area contributed by atoms with Crippen molar-refractivity contribution in [3.63, 3.8) is 0 Å². The van der Waals surface area contributed by atoms with Gasteiger partial charge in [-0.25, -0.2) is 0 Å². The van der Waals surface area contributed by atoms with E-state index >= 15 is 0 Å². The second-order valence-corrected chi connectivity index (χ2v) is 5.33. The van der Waals surface area contributed by atoms with Crippen LogP contribution in [0.5, 0.6) is 0 Å². The third-order valence-corrected chi connectivity index (χ3v) is 3.94. The third kappa shape index (κ3) is 3.94. The summed E-state index contributed by atoms with van der Waals surface area (Å²) >= 11 is 0. The van der Waals surface area contributed by atoms with Crippen LogP contribution in [0.1, 0.15) is 38.5 Å². The molecule has 1 aliphatic carbocycles. The molecule has 0 aromatic heterocycles. The van der Waals surface area contributed by atoms with Crippen LogP contribution in [-0.4, -0.2) is 30.5 Å². The van der Waals surface area contributed by atoms with Gasteiger partial charge in [0.05, 0.1) is 6.61 Å². The van der Waals surface area contributed by atoms with Crippen LogP contribution in [0.25, 0.3) is 0 Å². The van der Waals surface area contributed by atoms with E-state index in [-0.39, 0.29) is 18.7 Å². The van der Waals surface area contributed by atoms with Crippen LogP contribution in [0, 0.1) is 11.8 Å². The Balaban J connectivity index is 1.87. The molecule has 1 saturated carbocycles. The first kappa shape index (κ1) is 14.3. The van der Waals surface area contributed by atoms with Gasteiger partial charge in [0, 0.05) is 13.0 Å². The lowest BCUT2D eigenvalue weighted by atomic mass is 9.73. The summed E-state index contributed by atoms with van der Waals surface area (Å²) in [6, 6.07) is 0. The smallest absolute Gasteiger partial charge is 0.283 e. The first-order chi connectivity index (χ1) is 9.20. The summed E-state index contributed by atoms with van der Waals surface area (Å²) < 4.78 is 11.1. The standard InChI is InChI=1S/C14H23NO4/c15-14(17)12-8-11(10-4-3-5-10)9-13(19-12)18-7-2-1-6-16/h8,10-11,13,16H,1-7,9H2,(H2,15,17)/t11-,13+/m1/s1. The van der Waals surface area contributed by atoms with Crippen LogP contribution in [-0.2, 0) is 14.3 Å². The number of unbranched alkanes of at least 4 members (excludes halogenated alkanes) is 1. The Morgan fingerprint density at radius 3 is 2.84 bits per heavy atom. The molecule has 5 heteroatoms. The molecule has 0 radical (unpaired) electrons. The van der Waals surface area contributed by atoms with E-state index in [1.165, 1.54) is 19.3 Å². The fourth-order valence-electron chi connectivity index (χ4n) is 2.58. The predicted molar refractivity (Wildman–Crippen MR) is 69.9 cm³/mol. The molecule has 0 unspecified atom stereocenters. The van der Waals surface area contributed by atoms with Gasteiger partial charge in [0.25, 0.3) is 5.91 Å². The number of primary amides is 1. The lowest BCUT2D eigenvalue weighted by Crippen LogP contribution is -2.34. The molecule has 0 aromatic carbocycles. The highest BCUT2D eigenvalue weighted by Gasteiger charge is 2.34. The molecule has 19 heavy (non-hydrogen) atoms. The molecule has 5 nitrogen and oxygen atoms in total. The number of aliphatic hydroxyl groups is 1. The van der Waals surface area contributed by atoms with Gasteiger partial charge < -0.3 is 20.3 Å². The maximum absolute atomic E-state index is 11.3. The average molecular weight is 269 g/mol. The van der Waals surface area contributed by atoms with Gasteiger partial charge in [0.2, 0.25) is 6.29 Å². The topological polar surface area (TPSA) is 81.8 Å². The molecule has 2 atom stereocenters. The Labute approximate surface area is 113 Å². The number of amides is 1. The summed E-state index contributed by atoms with van der Waals surface area (Å²) in [5.41, 5.74) is 5.31. The van der Waals surface area contributed by atoms with Gasteiger partial charge in [-0.3, -0.25) is 4.79 Å². The van der Waals surface area contributed by atoms with Crippen molar-refractivity contribution in [1.29, 1.82) is 0 Å². The highest BCUT2D eigenvalue weighted by Crippen LogP contribution is 2.39. The highest BCUT2D eigenvalue weighted by molar-refractivity contribution is 5.90. The molecule has 0 bridgehead atoms. The number of hydrogen-bond donors (Lipinski definition) is 2. The first-order valence-corrected chi connectivity index (χ1v) is 7.11. The Hall–Kier alpha value is -1.07. The summed E-state index contributed by atoms with van der Waals surface area (Å²) in [5, 5.41) is 8.72. The highest BCUT2D eigenvalue weighted by atomic mass is 16.7. The number of ether oxygens (including phenoxy) is 2. The largest absolute Gasteiger partial charge is 0.459 e. The quantitative estimate of drug-likeness (QED) is 0.683. The van der Waals surface area contributed by atoms with E-state index in [2.05, 4.69) is 0 Å². The van der Waals surface area contributed by atoms with Gasteiger partial charge in [-0.05, 0) is 43.6 Å². The zero-order valence-corrected chi connectivity index (χ0v) is 11.2. The van der Waals surface area contributed by atoms with E-state index in [1.807, 2.05) is 6.08 Å². The van der Waals surface area contributed by atoms with Crippen LogP contribution in [0.3, 0.4) is 0 Å². The van der Waals surface area contributed by atoms with Crippen LogP contribution >= 0.6 is 0 Å². The molecule has 1 aliphatic heterocycles. The molecule has 0 saturated heterocycles. The van der Waals surface area contributed by atoms with Crippen LogP contribution in [0.2, 0.25) is 0 Å². The summed E-state index contributed by atoms with van der Waals surface area (Å²) in [6.07, 6.45) is 7.49. The number of hydrogen-bond acceptors (Lipinski definition) is 4. The van der Waals surface area contributed by atoms with Crippen molar-refractivity contribution < 1.29 is 19.4 Å². The fraction of sp³-hybridized carbons (Fsp3) is 0.786. The molecule has 0 aromatic rings. The molecular weight excluding hydrogens is 246 g/mol. The molecule has 1 amide bonds. The molecule has 2 aliphatic rings. The van der Waals surface area contributed by atoms with Crippen LogP contribution < -0.4 is 5.73 Å². The SMILES string of the molecule is NC(=O)C1=C[C@@H](C2CCC2)C[C@@H](OCCCCO)O1. The van der Waals surface area contributed by atoms with Crippen molar-refractivity contribution in [3.8, 4) is 0 Å². The van der Waals surface area contributed by atoms with Crippen molar-refractivity contribution in [2.45, 2.75) is 44.8 Å². The van der Waals surface area contributed by atoms with Gasteiger partial charge in [-0.1, -0.05) is 6.42 Å². The van der Waals surface area contributed by atoms with Crippen molar-refractivity contribution >= 4 is 5.91 Å². The van der Waals surface area contributed by atoms with E-state index < -0.39 is 5.91 Å². The van der Waals surface area contributed by atoms with Crippen molar-refractivity contribution in [3.05, 3.63) is 11.8 Å². The number of nitrogens with two attached hydrogens (primary N) is 1. The maximum atomic E-state index is 11.3. The second-order valence-electron chi connectivity index (χ2n) is 5.33. The lowest BCUT2D eigenvalue weighted by Gasteiger charge is -2.37. The Morgan fingerprint density at radius 1 is 1.47 bits per heavy atom. The zero-order valence-electron chi connectivity index (χ0n) is 11.2. The molecular formula is C14H23NO4. The third-order valence-electron chi connectivity index (χ3n) is 3.94. The predicted octanol–water partition coefficient (Wildman–Crippen LogP) is 1.31. The van der Waals surface area contributed by atoms with Crippen molar-refractivity contribution in [2.75, 3.05) is 13.2 Å². The van der Waals surface area contributed by atoms with E-state index in [0.29, 0.717) is 18.4 Å². The average Bonchev–Trinajstić information content (AvgIpc) is 2.32. The van der Waals surface area contributed by atoms with Gasteiger partial charge in [-0.2, -0.15) is 0 Å². The number of rotatable bonds is 7. The molecule has 3 N–H and O–H groups in total. The molecule has 108 valence electrons. The normalized spacial score (nSPS) is 27.3. The number of carbonyl (C=O) groups is 1. The molecule has 1 fully saturated rings. The van der Waals surface area contributed by atoms with E-state index in [9.17, 15) is 4.79 Å². The van der Waals surface area contributed by atoms with Gasteiger partial charge >= 0.3 is 0 Å². The Kier molecular flexibility index (Phi) is 5.22. The van der Waals surface area contributed by atoms with Crippen molar-refractivity contribution in [2.24, 2.45) is 17.6 Å². The number of carbonyl (C=O) groups excluding carboxylic acids is 1. The molecule has 2 rings (SSSR count).